The van der Waals surface area contributed by atoms with Crippen molar-refractivity contribution in [2.24, 2.45) is 0 Å². The van der Waals surface area contributed by atoms with E-state index in [0.29, 0.717) is 5.56 Å². The maximum Gasteiger partial charge on any atom is 0.250 e. The van der Waals surface area contributed by atoms with Gasteiger partial charge in [0, 0.05) is 11.3 Å². The van der Waals surface area contributed by atoms with Crippen LogP contribution >= 0.6 is 92.8 Å². The van der Waals surface area contributed by atoms with Gasteiger partial charge in [0.05, 0.1) is 0 Å². The Kier molecular flexibility index (Phi) is 8.12. The molecule has 0 aliphatic rings. The first-order valence-corrected chi connectivity index (χ1v) is 10.9. The van der Waals surface area contributed by atoms with E-state index >= 15 is 0 Å². The molecule has 2 unspecified atom stereocenters. The molecule has 0 N–H and O–H groups in total. The highest BCUT2D eigenvalue weighted by Crippen LogP contribution is 2.41. The predicted molar refractivity (Wildman–Crippen MR) is 122 cm³/mol. The van der Waals surface area contributed by atoms with Crippen molar-refractivity contribution < 1.29 is 0 Å². The molecule has 0 aliphatic carbocycles. The lowest BCUT2D eigenvalue weighted by atomic mass is 10.1. The van der Waals surface area contributed by atoms with E-state index in [0.717, 1.165) is 11.3 Å². The lowest BCUT2D eigenvalue weighted by Gasteiger charge is -2.30. The number of halogens is 8. The molecule has 2 rings (SSSR count). The number of hydrogen-bond donors (Lipinski definition) is 0. The van der Waals surface area contributed by atoms with E-state index in [4.69, 9.17) is 92.8 Å². The van der Waals surface area contributed by atoms with E-state index in [9.17, 15) is 0 Å². The van der Waals surface area contributed by atoms with Crippen LogP contribution < -0.4 is 4.90 Å². The van der Waals surface area contributed by atoms with Crippen molar-refractivity contribution in [2.75, 3.05) is 4.90 Å². The van der Waals surface area contributed by atoms with Crippen LogP contribution in [0, 0.1) is 6.92 Å². The molecule has 1 aromatic heterocycles. The Morgan fingerprint density at radius 1 is 0.821 bits per heavy atom. The maximum absolute atomic E-state index is 6.24. The van der Waals surface area contributed by atoms with Crippen LogP contribution in [0.1, 0.15) is 31.1 Å². The Labute approximate surface area is 203 Å². The van der Waals surface area contributed by atoms with E-state index < -0.39 is 7.59 Å². The molecule has 1 aromatic carbocycles. The van der Waals surface area contributed by atoms with E-state index in [1.165, 1.54) is 0 Å². The molecule has 154 valence electrons. The van der Waals surface area contributed by atoms with Crippen LogP contribution in [-0.2, 0) is 7.59 Å². The normalized spacial score (nSPS) is 14.7. The third-order valence-corrected chi connectivity index (χ3v) is 5.09. The van der Waals surface area contributed by atoms with Crippen LogP contribution in [0.25, 0.3) is 11.4 Å². The minimum atomic E-state index is -1.92. The standard InChI is InChI=1S/C16H14Cl8N4/c1-7-6-10(28(8(2)17)9(3)18)4-5-11(7)12-25-13(15(19,20)21)27-14(26-12)16(22,23)24/h4-6,8-9H,1-3H3. The zero-order valence-corrected chi connectivity index (χ0v) is 20.7. The summed E-state index contributed by atoms with van der Waals surface area (Å²) < 4.78 is -3.84. The van der Waals surface area contributed by atoms with Gasteiger partial charge in [-0.1, -0.05) is 92.8 Å². The average molecular weight is 546 g/mol. The first-order valence-electron chi connectivity index (χ1n) is 7.79. The molecule has 0 saturated carbocycles. The van der Waals surface area contributed by atoms with Crippen LogP contribution in [0.4, 0.5) is 5.69 Å². The number of anilines is 1. The lowest BCUT2D eigenvalue weighted by molar-refractivity contribution is 0.769. The zero-order valence-electron chi connectivity index (χ0n) is 14.7. The highest BCUT2D eigenvalue weighted by Gasteiger charge is 2.34. The van der Waals surface area contributed by atoms with Crippen LogP contribution in [0.15, 0.2) is 18.2 Å². The fraction of sp³-hybridized carbons (Fsp3) is 0.438. The summed E-state index contributed by atoms with van der Waals surface area (Å²) in [5.74, 6) is -0.110. The minimum absolute atomic E-state index is 0.155. The van der Waals surface area contributed by atoms with Crippen molar-refractivity contribution in [3.63, 3.8) is 0 Å². The molecular weight excluding hydrogens is 532 g/mol. The molecule has 0 fully saturated rings. The van der Waals surface area contributed by atoms with Crippen molar-refractivity contribution in [3.05, 3.63) is 35.4 Å². The third kappa shape index (κ3) is 5.95. The molecule has 0 saturated heterocycles. The second kappa shape index (κ2) is 9.23. The van der Waals surface area contributed by atoms with Gasteiger partial charge in [-0.05, 0) is 44.5 Å². The smallest absolute Gasteiger partial charge is 0.250 e. The number of nitrogens with zero attached hydrogens (tertiary/aromatic N) is 4. The third-order valence-electron chi connectivity index (χ3n) is 3.66. The molecule has 0 radical (unpaired) electrons. The van der Waals surface area contributed by atoms with Crippen LogP contribution in [0.2, 0.25) is 0 Å². The minimum Gasteiger partial charge on any atom is -0.339 e. The summed E-state index contributed by atoms with van der Waals surface area (Å²) in [5, 5.41) is 0. The molecule has 2 atom stereocenters. The number of aromatic nitrogens is 3. The van der Waals surface area contributed by atoms with E-state index in [1.807, 2.05) is 37.8 Å². The molecule has 0 bridgehead atoms. The van der Waals surface area contributed by atoms with Crippen LogP contribution in [-0.4, -0.2) is 26.0 Å². The topological polar surface area (TPSA) is 41.9 Å². The van der Waals surface area contributed by atoms with Crippen LogP contribution in [0.5, 0.6) is 0 Å². The summed E-state index contributed by atoms with van der Waals surface area (Å²) in [6, 6.07) is 5.50. The summed E-state index contributed by atoms with van der Waals surface area (Å²) in [6.45, 7) is 5.52. The summed E-state index contributed by atoms with van der Waals surface area (Å²) in [4.78, 5) is 14.3. The van der Waals surface area contributed by atoms with Gasteiger partial charge in [-0.25, -0.2) is 15.0 Å². The number of alkyl halides is 8. The summed E-state index contributed by atoms with van der Waals surface area (Å²) in [6.07, 6.45) is 0. The second-order valence-electron chi connectivity index (χ2n) is 5.86. The molecule has 0 aliphatic heterocycles. The van der Waals surface area contributed by atoms with Gasteiger partial charge in [-0.3, -0.25) is 0 Å². The molecule has 1 heterocycles. The Morgan fingerprint density at radius 3 is 1.64 bits per heavy atom. The molecule has 0 amide bonds. The van der Waals surface area contributed by atoms with Gasteiger partial charge in [0.15, 0.2) is 17.5 Å². The lowest BCUT2D eigenvalue weighted by Crippen LogP contribution is -2.34. The Balaban J connectivity index is 2.62. The second-order valence-corrected chi connectivity index (χ2v) is 11.7. The van der Waals surface area contributed by atoms with Crippen molar-refractivity contribution in [2.45, 2.75) is 39.4 Å². The van der Waals surface area contributed by atoms with Gasteiger partial charge in [-0.2, -0.15) is 0 Å². The Bertz CT molecular complexity index is 805. The summed E-state index contributed by atoms with van der Waals surface area (Å²) in [5.41, 5.74) is 1.64. The largest absolute Gasteiger partial charge is 0.339 e. The molecular formula is C16H14Cl8N4. The number of rotatable bonds is 4. The molecule has 12 heteroatoms. The fourth-order valence-corrected chi connectivity index (χ4v) is 3.63. The monoisotopic (exact) mass is 542 g/mol. The van der Waals surface area contributed by atoms with Crippen molar-refractivity contribution in [3.8, 4) is 11.4 Å². The fourth-order valence-electron chi connectivity index (χ4n) is 2.50. The predicted octanol–water partition coefficient (Wildman–Crippen LogP) is 7.48. The molecule has 0 spiro atoms. The van der Waals surface area contributed by atoms with E-state index in [1.54, 1.807) is 6.07 Å². The van der Waals surface area contributed by atoms with Gasteiger partial charge in [0.1, 0.15) is 11.0 Å². The number of hydrogen-bond acceptors (Lipinski definition) is 4. The highest BCUT2D eigenvalue weighted by molar-refractivity contribution is 6.67. The SMILES string of the molecule is Cc1cc(N(C(C)Cl)C(C)Cl)ccc1-c1nc(C(Cl)(Cl)Cl)nc(C(Cl)(Cl)Cl)n1. The first kappa shape index (κ1) is 24.6. The Hall–Kier alpha value is 0.350. The van der Waals surface area contributed by atoms with Crippen molar-refractivity contribution in [1.29, 1.82) is 0 Å². The highest BCUT2D eigenvalue weighted by atomic mass is 35.6. The van der Waals surface area contributed by atoms with Gasteiger partial charge >= 0.3 is 0 Å². The Morgan fingerprint density at radius 2 is 1.29 bits per heavy atom. The van der Waals surface area contributed by atoms with Gasteiger partial charge in [-0.15, -0.1) is 0 Å². The molecule has 28 heavy (non-hydrogen) atoms. The summed E-state index contributed by atoms with van der Waals surface area (Å²) in [7, 11) is 0. The van der Waals surface area contributed by atoms with Crippen molar-refractivity contribution in [1.82, 2.24) is 15.0 Å². The van der Waals surface area contributed by atoms with Gasteiger partial charge in [0.25, 0.3) is 0 Å². The first-order chi connectivity index (χ1) is 12.7. The van der Waals surface area contributed by atoms with E-state index in [-0.39, 0.29) is 28.5 Å². The van der Waals surface area contributed by atoms with Gasteiger partial charge in [0.2, 0.25) is 7.59 Å². The van der Waals surface area contributed by atoms with Crippen molar-refractivity contribution >= 4 is 98.5 Å². The van der Waals surface area contributed by atoms with Crippen LogP contribution in [0.3, 0.4) is 0 Å². The number of aryl methyl sites for hydroxylation is 1. The van der Waals surface area contributed by atoms with E-state index in [2.05, 4.69) is 15.0 Å². The molecule has 2 aromatic rings. The summed E-state index contributed by atoms with van der Waals surface area (Å²) >= 11 is 48.1. The quantitative estimate of drug-likeness (QED) is 0.295. The van der Waals surface area contributed by atoms with Gasteiger partial charge < -0.3 is 4.90 Å². The number of benzene rings is 1. The molecule has 4 nitrogen and oxygen atoms in total. The average Bonchev–Trinajstić information content (AvgIpc) is 2.52. The maximum atomic E-state index is 6.24. The zero-order chi connectivity index (χ0) is 21.4.